The number of hydrogen-bond donors (Lipinski definition) is 1. The van der Waals surface area contributed by atoms with Gasteiger partial charge in [-0.05, 0) is 45.2 Å². The third-order valence-corrected chi connectivity index (χ3v) is 4.85. The van der Waals surface area contributed by atoms with E-state index in [0.717, 1.165) is 23.8 Å². The molecule has 6 heteroatoms. The Morgan fingerprint density at radius 1 is 1.23 bits per heavy atom. The number of hydrogen-bond acceptors (Lipinski definition) is 3. The maximum absolute atomic E-state index is 12.3. The van der Waals surface area contributed by atoms with E-state index in [4.69, 9.17) is 0 Å². The van der Waals surface area contributed by atoms with Crippen molar-refractivity contribution in [2.45, 2.75) is 46.6 Å². The summed E-state index contributed by atoms with van der Waals surface area (Å²) < 4.78 is 25.5. The number of nitrogens with zero attached hydrogens (tertiary/aromatic N) is 1. The van der Waals surface area contributed by atoms with Gasteiger partial charge in [0.15, 0.2) is 0 Å². The van der Waals surface area contributed by atoms with Gasteiger partial charge in [-0.1, -0.05) is 25.1 Å². The summed E-state index contributed by atoms with van der Waals surface area (Å²) in [5.41, 5.74) is 1.87. The molecule has 0 fully saturated rings. The first-order valence-corrected chi connectivity index (χ1v) is 9.17. The molecule has 0 bridgehead atoms. The highest BCUT2D eigenvalue weighted by Gasteiger charge is 2.26. The number of benzene rings is 1. The Balaban J connectivity index is 3.15. The number of rotatable bonds is 6. The first-order valence-electron chi connectivity index (χ1n) is 7.33. The Bertz CT molecular complexity index is 631. The van der Waals surface area contributed by atoms with Crippen molar-refractivity contribution in [1.82, 2.24) is 5.32 Å². The van der Waals surface area contributed by atoms with Crippen LogP contribution in [0.3, 0.4) is 0 Å². The van der Waals surface area contributed by atoms with Gasteiger partial charge < -0.3 is 5.32 Å². The number of sulfonamides is 1. The zero-order valence-electron chi connectivity index (χ0n) is 14.2. The van der Waals surface area contributed by atoms with Gasteiger partial charge in [0.05, 0.1) is 11.9 Å². The average Bonchev–Trinajstić information content (AvgIpc) is 2.35. The van der Waals surface area contributed by atoms with Gasteiger partial charge in [-0.3, -0.25) is 9.10 Å². The molecule has 1 amide bonds. The van der Waals surface area contributed by atoms with Crippen molar-refractivity contribution in [3.63, 3.8) is 0 Å². The SMILES string of the molecule is CCC(C)(C)NC(=O)CN(c1c(C)cccc1C)S(C)(=O)=O. The predicted octanol–water partition coefficient (Wildman–Crippen LogP) is 2.37. The maximum Gasteiger partial charge on any atom is 0.241 e. The average molecular weight is 326 g/mol. The minimum atomic E-state index is -3.55. The quantitative estimate of drug-likeness (QED) is 0.873. The molecule has 0 spiro atoms. The Morgan fingerprint density at radius 2 is 1.73 bits per heavy atom. The molecule has 1 aromatic carbocycles. The van der Waals surface area contributed by atoms with Crippen LogP contribution in [0.5, 0.6) is 0 Å². The van der Waals surface area contributed by atoms with Crippen molar-refractivity contribution < 1.29 is 13.2 Å². The van der Waals surface area contributed by atoms with Gasteiger partial charge >= 0.3 is 0 Å². The zero-order valence-corrected chi connectivity index (χ0v) is 15.0. The fourth-order valence-corrected chi connectivity index (χ4v) is 3.17. The summed E-state index contributed by atoms with van der Waals surface area (Å²) in [6.07, 6.45) is 1.89. The number of para-hydroxylation sites is 1. The molecule has 0 atom stereocenters. The summed E-state index contributed by atoms with van der Waals surface area (Å²) >= 11 is 0. The third kappa shape index (κ3) is 4.73. The minimum Gasteiger partial charge on any atom is -0.350 e. The van der Waals surface area contributed by atoms with Crippen molar-refractivity contribution in [3.05, 3.63) is 29.3 Å². The standard InChI is InChI=1S/C16H26N2O3S/c1-7-16(4,5)17-14(19)11-18(22(6,20)21)15-12(2)9-8-10-13(15)3/h8-10H,7,11H2,1-6H3,(H,17,19). The molecule has 0 saturated heterocycles. The molecule has 1 rings (SSSR count). The molecule has 0 aromatic heterocycles. The maximum atomic E-state index is 12.3. The molecule has 1 N–H and O–H groups in total. The van der Waals surface area contributed by atoms with Crippen molar-refractivity contribution in [3.8, 4) is 0 Å². The predicted molar refractivity (Wildman–Crippen MR) is 90.6 cm³/mol. The van der Waals surface area contributed by atoms with E-state index in [1.165, 1.54) is 4.31 Å². The second-order valence-corrected chi connectivity index (χ2v) is 8.20. The lowest BCUT2D eigenvalue weighted by atomic mass is 10.0. The second kappa shape index (κ2) is 6.69. The Hall–Kier alpha value is -1.56. The van der Waals surface area contributed by atoms with Gasteiger partial charge in [-0.25, -0.2) is 8.42 Å². The van der Waals surface area contributed by atoms with Gasteiger partial charge in [-0.2, -0.15) is 0 Å². The Labute approximate surface area is 133 Å². The van der Waals surface area contributed by atoms with E-state index in [1.54, 1.807) is 0 Å². The monoisotopic (exact) mass is 326 g/mol. The van der Waals surface area contributed by atoms with E-state index >= 15 is 0 Å². The van der Waals surface area contributed by atoms with Gasteiger partial charge in [0.25, 0.3) is 0 Å². The highest BCUT2D eigenvalue weighted by atomic mass is 32.2. The molecule has 0 aliphatic carbocycles. The molecule has 0 aliphatic heterocycles. The Morgan fingerprint density at radius 3 is 2.14 bits per heavy atom. The Kier molecular flexibility index (Phi) is 5.62. The largest absolute Gasteiger partial charge is 0.350 e. The van der Waals surface area contributed by atoms with Crippen LogP contribution in [0.2, 0.25) is 0 Å². The van der Waals surface area contributed by atoms with Crippen LogP contribution in [0.4, 0.5) is 5.69 Å². The van der Waals surface area contributed by atoms with E-state index in [-0.39, 0.29) is 18.0 Å². The smallest absolute Gasteiger partial charge is 0.241 e. The number of carbonyl (C=O) groups is 1. The summed E-state index contributed by atoms with van der Waals surface area (Å²) in [6, 6.07) is 5.55. The van der Waals surface area contributed by atoms with E-state index < -0.39 is 10.0 Å². The number of anilines is 1. The molecule has 0 saturated carbocycles. The number of carbonyl (C=O) groups excluding carboxylic acids is 1. The van der Waals surface area contributed by atoms with Crippen molar-refractivity contribution in [2.75, 3.05) is 17.1 Å². The third-order valence-electron chi connectivity index (χ3n) is 3.74. The fraction of sp³-hybridized carbons (Fsp3) is 0.562. The summed E-state index contributed by atoms with van der Waals surface area (Å²) in [6.45, 7) is 9.26. The summed E-state index contributed by atoms with van der Waals surface area (Å²) in [7, 11) is -3.55. The summed E-state index contributed by atoms with van der Waals surface area (Å²) in [5, 5.41) is 2.87. The fourth-order valence-electron chi connectivity index (χ4n) is 2.20. The molecule has 124 valence electrons. The highest BCUT2D eigenvalue weighted by molar-refractivity contribution is 7.92. The minimum absolute atomic E-state index is 0.214. The second-order valence-electron chi connectivity index (χ2n) is 6.30. The van der Waals surface area contributed by atoms with Gasteiger partial charge in [0.2, 0.25) is 15.9 Å². The molecule has 0 radical (unpaired) electrons. The summed E-state index contributed by atoms with van der Waals surface area (Å²) in [5.74, 6) is -0.306. The van der Waals surface area contributed by atoms with Crippen LogP contribution in [-0.2, 0) is 14.8 Å². The molecule has 0 unspecified atom stereocenters. The number of aryl methyl sites for hydroxylation is 2. The first-order chi connectivity index (χ1) is 9.98. The lowest BCUT2D eigenvalue weighted by molar-refractivity contribution is -0.121. The number of nitrogens with one attached hydrogen (secondary N) is 1. The van der Waals surface area contributed by atoms with Crippen LogP contribution in [0, 0.1) is 13.8 Å². The van der Waals surface area contributed by atoms with Crippen LogP contribution in [0.15, 0.2) is 18.2 Å². The molecule has 22 heavy (non-hydrogen) atoms. The highest BCUT2D eigenvalue weighted by Crippen LogP contribution is 2.26. The first kappa shape index (κ1) is 18.5. The summed E-state index contributed by atoms with van der Waals surface area (Å²) in [4.78, 5) is 12.3. The molecular weight excluding hydrogens is 300 g/mol. The van der Waals surface area contributed by atoms with E-state index in [2.05, 4.69) is 5.32 Å². The molecular formula is C16H26N2O3S. The zero-order chi connectivity index (χ0) is 17.1. The van der Waals surface area contributed by atoms with Crippen LogP contribution in [0.1, 0.15) is 38.3 Å². The van der Waals surface area contributed by atoms with Crippen molar-refractivity contribution >= 4 is 21.6 Å². The van der Waals surface area contributed by atoms with Crippen LogP contribution >= 0.6 is 0 Å². The van der Waals surface area contributed by atoms with Gasteiger partial charge in [0.1, 0.15) is 6.54 Å². The number of amides is 1. The molecule has 0 aliphatic rings. The van der Waals surface area contributed by atoms with Gasteiger partial charge in [0, 0.05) is 5.54 Å². The van der Waals surface area contributed by atoms with Crippen LogP contribution < -0.4 is 9.62 Å². The lowest BCUT2D eigenvalue weighted by Crippen LogP contribution is -2.48. The van der Waals surface area contributed by atoms with E-state index in [1.807, 2.05) is 52.8 Å². The van der Waals surface area contributed by atoms with Crippen LogP contribution in [0.25, 0.3) is 0 Å². The van der Waals surface area contributed by atoms with Crippen molar-refractivity contribution in [2.24, 2.45) is 0 Å². The van der Waals surface area contributed by atoms with E-state index in [0.29, 0.717) is 5.69 Å². The van der Waals surface area contributed by atoms with Crippen molar-refractivity contribution in [1.29, 1.82) is 0 Å². The normalized spacial score (nSPS) is 12.1. The van der Waals surface area contributed by atoms with E-state index in [9.17, 15) is 13.2 Å². The van der Waals surface area contributed by atoms with Gasteiger partial charge in [-0.15, -0.1) is 0 Å². The topological polar surface area (TPSA) is 66.5 Å². The lowest BCUT2D eigenvalue weighted by Gasteiger charge is -2.29. The molecule has 5 nitrogen and oxygen atoms in total. The molecule has 0 heterocycles. The molecule has 1 aromatic rings. The van der Waals surface area contributed by atoms with Crippen LogP contribution in [-0.4, -0.2) is 32.7 Å².